The number of ketones is 1. The van der Waals surface area contributed by atoms with Crippen molar-refractivity contribution in [3.05, 3.63) is 35.6 Å². The van der Waals surface area contributed by atoms with Gasteiger partial charge >= 0.3 is 0 Å². The molecule has 2 N–H and O–H groups in total. The van der Waals surface area contributed by atoms with Crippen LogP contribution in [0.3, 0.4) is 0 Å². The van der Waals surface area contributed by atoms with E-state index in [-0.39, 0.29) is 17.5 Å². The van der Waals surface area contributed by atoms with Crippen LogP contribution in [0.25, 0.3) is 0 Å². The van der Waals surface area contributed by atoms with Crippen LogP contribution in [0.15, 0.2) is 24.3 Å². The van der Waals surface area contributed by atoms with Crippen molar-refractivity contribution in [2.24, 2.45) is 11.7 Å². The summed E-state index contributed by atoms with van der Waals surface area (Å²) in [5.74, 6) is -0.0869. The second-order valence-electron chi connectivity index (χ2n) is 4.78. The van der Waals surface area contributed by atoms with Crippen LogP contribution in [-0.2, 0) is 0 Å². The van der Waals surface area contributed by atoms with Gasteiger partial charge in [-0.1, -0.05) is 0 Å². The smallest absolute Gasteiger partial charge is 0.166 e. The first-order valence-corrected chi connectivity index (χ1v) is 6.43. The molecule has 0 aliphatic carbocycles. The highest BCUT2D eigenvalue weighted by atomic mass is 19.1. The van der Waals surface area contributed by atoms with E-state index < -0.39 is 0 Å². The number of Topliss-reactive ketones (excluding diaryl/α,β-unsaturated/α-hetero) is 1. The third-order valence-electron chi connectivity index (χ3n) is 3.53. The molecular formula is C14H19FN2O. The Morgan fingerprint density at radius 2 is 1.89 bits per heavy atom. The molecule has 0 spiro atoms. The molecule has 98 valence electrons. The van der Waals surface area contributed by atoms with Gasteiger partial charge in [-0.15, -0.1) is 0 Å². The van der Waals surface area contributed by atoms with Gasteiger partial charge in [0.25, 0.3) is 0 Å². The Labute approximate surface area is 107 Å². The van der Waals surface area contributed by atoms with Gasteiger partial charge in [-0.25, -0.2) is 4.39 Å². The first-order chi connectivity index (χ1) is 8.70. The highest BCUT2D eigenvalue weighted by molar-refractivity contribution is 5.97. The van der Waals surface area contributed by atoms with Crippen LogP contribution in [0, 0.1) is 11.7 Å². The van der Waals surface area contributed by atoms with Crippen molar-refractivity contribution in [3.8, 4) is 0 Å². The van der Waals surface area contributed by atoms with Gasteiger partial charge in [-0.05, 0) is 50.2 Å². The number of carbonyl (C=O) groups is 1. The molecule has 1 saturated heterocycles. The fraction of sp³-hybridized carbons (Fsp3) is 0.500. The average molecular weight is 250 g/mol. The minimum atomic E-state index is -0.302. The lowest BCUT2D eigenvalue weighted by Gasteiger charge is -2.30. The van der Waals surface area contributed by atoms with E-state index in [0.717, 1.165) is 32.5 Å². The number of nitrogens with zero attached hydrogens (tertiary/aromatic N) is 1. The Morgan fingerprint density at radius 3 is 2.44 bits per heavy atom. The van der Waals surface area contributed by atoms with Crippen molar-refractivity contribution in [1.82, 2.24) is 4.90 Å². The second-order valence-corrected chi connectivity index (χ2v) is 4.78. The summed E-state index contributed by atoms with van der Waals surface area (Å²) in [4.78, 5) is 14.5. The molecule has 0 unspecified atom stereocenters. The Kier molecular flexibility index (Phi) is 4.44. The zero-order valence-corrected chi connectivity index (χ0v) is 10.4. The third kappa shape index (κ3) is 3.15. The molecule has 1 aliphatic rings. The molecule has 0 aromatic heterocycles. The van der Waals surface area contributed by atoms with Crippen molar-refractivity contribution in [2.45, 2.75) is 12.8 Å². The number of rotatable bonds is 4. The fourth-order valence-electron chi connectivity index (χ4n) is 2.45. The van der Waals surface area contributed by atoms with Crippen molar-refractivity contribution < 1.29 is 9.18 Å². The summed E-state index contributed by atoms with van der Waals surface area (Å²) < 4.78 is 12.8. The number of piperidine rings is 1. The van der Waals surface area contributed by atoms with Crippen LogP contribution < -0.4 is 5.73 Å². The lowest BCUT2D eigenvalue weighted by Crippen LogP contribution is -2.39. The predicted octanol–water partition coefficient (Wildman–Crippen LogP) is 1.68. The fourth-order valence-corrected chi connectivity index (χ4v) is 2.45. The second kappa shape index (κ2) is 6.07. The molecular weight excluding hydrogens is 231 g/mol. The normalized spacial score (nSPS) is 17.9. The van der Waals surface area contributed by atoms with Crippen LogP contribution in [0.2, 0.25) is 0 Å². The van der Waals surface area contributed by atoms with E-state index in [0.29, 0.717) is 12.1 Å². The minimum absolute atomic E-state index is 0.0736. The Hall–Kier alpha value is -1.26. The van der Waals surface area contributed by atoms with Crippen LogP contribution >= 0.6 is 0 Å². The molecule has 0 saturated carbocycles. The van der Waals surface area contributed by atoms with Gasteiger partial charge < -0.3 is 10.6 Å². The van der Waals surface area contributed by atoms with Crippen LogP contribution in [0.4, 0.5) is 4.39 Å². The SMILES string of the molecule is NCCN1CCC(C(=O)c2ccc(F)cc2)CC1. The molecule has 0 radical (unpaired) electrons. The summed E-state index contributed by atoms with van der Waals surface area (Å²) in [5, 5.41) is 0. The molecule has 18 heavy (non-hydrogen) atoms. The summed E-state index contributed by atoms with van der Waals surface area (Å²) in [7, 11) is 0. The highest BCUT2D eigenvalue weighted by Gasteiger charge is 2.25. The lowest BCUT2D eigenvalue weighted by atomic mass is 9.89. The van der Waals surface area contributed by atoms with E-state index in [2.05, 4.69) is 4.90 Å². The Balaban J connectivity index is 1.93. The molecule has 3 nitrogen and oxygen atoms in total. The van der Waals surface area contributed by atoms with Crippen molar-refractivity contribution in [3.63, 3.8) is 0 Å². The number of likely N-dealkylation sites (tertiary alicyclic amines) is 1. The van der Waals surface area contributed by atoms with Gasteiger partial charge in [0.2, 0.25) is 0 Å². The Bertz CT molecular complexity index is 397. The number of benzene rings is 1. The number of halogens is 1. The van der Waals surface area contributed by atoms with Crippen LogP contribution in [0.5, 0.6) is 0 Å². The van der Waals surface area contributed by atoms with Crippen molar-refractivity contribution >= 4 is 5.78 Å². The van der Waals surface area contributed by atoms with Crippen LogP contribution in [-0.4, -0.2) is 36.9 Å². The van der Waals surface area contributed by atoms with E-state index in [4.69, 9.17) is 5.73 Å². The zero-order valence-electron chi connectivity index (χ0n) is 10.4. The molecule has 2 rings (SSSR count). The van der Waals surface area contributed by atoms with Gasteiger partial charge in [0.05, 0.1) is 0 Å². The molecule has 1 heterocycles. The van der Waals surface area contributed by atoms with Gasteiger partial charge in [-0.3, -0.25) is 4.79 Å². The highest BCUT2D eigenvalue weighted by Crippen LogP contribution is 2.21. The number of nitrogens with two attached hydrogens (primary N) is 1. The van der Waals surface area contributed by atoms with E-state index in [1.807, 2.05) is 0 Å². The molecule has 4 heteroatoms. The van der Waals surface area contributed by atoms with Gasteiger partial charge in [-0.2, -0.15) is 0 Å². The minimum Gasteiger partial charge on any atom is -0.329 e. The molecule has 1 aromatic carbocycles. The predicted molar refractivity (Wildman–Crippen MR) is 68.9 cm³/mol. The van der Waals surface area contributed by atoms with E-state index in [1.165, 1.54) is 12.1 Å². The first-order valence-electron chi connectivity index (χ1n) is 6.43. The summed E-state index contributed by atoms with van der Waals surface area (Å²) in [5.41, 5.74) is 6.13. The zero-order chi connectivity index (χ0) is 13.0. The standard InChI is InChI=1S/C14H19FN2O/c15-13-3-1-11(2-4-13)14(18)12-5-8-17(9-6-12)10-7-16/h1-4,12H,5-10,16H2. The van der Waals surface area contributed by atoms with Crippen LogP contribution in [0.1, 0.15) is 23.2 Å². The lowest BCUT2D eigenvalue weighted by molar-refractivity contribution is 0.0842. The monoisotopic (exact) mass is 250 g/mol. The molecule has 1 fully saturated rings. The number of carbonyl (C=O) groups excluding carboxylic acids is 1. The third-order valence-corrected chi connectivity index (χ3v) is 3.53. The molecule has 1 aliphatic heterocycles. The number of hydrogen-bond acceptors (Lipinski definition) is 3. The van der Waals surface area contributed by atoms with Crippen molar-refractivity contribution in [1.29, 1.82) is 0 Å². The van der Waals surface area contributed by atoms with Gasteiger partial charge in [0, 0.05) is 24.6 Å². The van der Waals surface area contributed by atoms with Crippen molar-refractivity contribution in [2.75, 3.05) is 26.2 Å². The van der Waals surface area contributed by atoms with Gasteiger partial charge in [0.1, 0.15) is 5.82 Å². The van der Waals surface area contributed by atoms with E-state index in [9.17, 15) is 9.18 Å². The first kappa shape index (κ1) is 13.2. The number of hydrogen-bond donors (Lipinski definition) is 1. The van der Waals surface area contributed by atoms with Gasteiger partial charge in [0.15, 0.2) is 5.78 Å². The maximum Gasteiger partial charge on any atom is 0.166 e. The summed E-state index contributed by atoms with van der Waals surface area (Å²) >= 11 is 0. The van der Waals surface area contributed by atoms with E-state index in [1.54, 1.807) is 12.1 Å². The largest absolute Gasteiger partial charge is 0.329 e. The summed E-state index contributed by atoms with van der Waals surface area (Å²) in [6.45, 7) is 3.41. The molecule has 0 amide bonds. The molecule has 0 bridgehead atoms. The Morgan fingerprint density at radius 1 is 1.28 bits per heavy atom. The summed E-state index contributed by atoms with van der Waals surface area (Å²) in [6, 6.07) is 5.83. The molecule has 1 aromatic rings. The maximum absolute atomic E-state index is 12.8. The average Bonchev–Trinajstić information content (AvgIpc) is 2.40. The summed E-state index contributed by atoms with van der Waals surface area (Å²) in [6.07, 6.45) is 1.74. The molecule has 0 atom stereocenters. The topological polar surface area (TPSA) is 46.3 Å². The van der Waals surface area contributed by atoms with E-state index >= 15 is 0 Å². The maximum atomic E-state index is 12.8. The quantitative estimate of drug-likeness (QED) is 0.827.